The lowest BCUT2D eigenvalue weighted by Crippen LogP contribution is -2.25. The van der Waals surface area contributed by atoms with Gasteiger partial charge in [0.1, 0.15) is 22.8 Å². The van der Waals surface area contributed by atoms with Crippen LogP contribution >= 0.6 is 0 Å². The zero-order valence-electron chi connectivity index (χ0n) is 14.9. The highest BCUT2D eigenvalue weighted by molar-refractivity contribution is 5.97. The molecule has 152 valence electrons. The molecule has 7 nitrogen and oxygen atoms in total. The molecule has 3 aromatic rings. The summed E-state index contributed by atoms with van der Waals surface area (Å²) in [6.07, 6.45) is 3.03. The van der Waals surface area contributed by atoms with Gasteiger partial charge in [0, 0.05) is 23.8 Å². The number of rotatable bonds is 7. The molecule has 0 saturated carbocycles. The van der Waals surface area contributed by atoms with Gasteiger partial charge in [-0.2, -0.15) is 17.6 Å². The van der Waals surface area contributed by atoms with Crippen molar-refractivity contribution >= 4 is 16.8 Å². The van der Waals surface area contributed by atoms with E-state index in [1.165, 1.54) is 24.5 Å². The number of carbonyl (C=O) groups excluding carboxylic acids is 1. The molecule has 0 bridgehead atoms. The quantitative estimate of drug-likeness (QED) is 0.601. The van der Waals surface area contributed by atoms with Crippen LogP contribution in [0.5, 0.6) is 11.5 Å². The Morgan fingerprint density at radius 3 is 2.41 bits per heavy atom. The number of hydrogen-bond acceptors (Lipinski definition) is 6. The van der Waals surface area contributed by atoms with Crippen LogP contribution < -0.4 is 14.8 Å². The Kier molecular flexibility index (Phi) is 6.05. The molecule has 1 aromatic carbocycles. The summed E-state index contributed by atoms with van der Waals surface area (Å²) < 4.78 is 59.3. The van der Waals surface area contributed by atoms with Crippen molar-refractivity contribution in [2.75, 3.05) is 0 Å². The fourth-order valence-corrected chi connectivity index (χ4v) is 2.58. The minimum Gasteiger partial charge on any atom is -0.435 e. The third-order valence-corrected chi connectivity index (χ3v) is 3.76. The van der Waals surface area contributed by atoms with Gasteiger partial charge in [-0.3, -0.25) is 4.79 Å². The molecule has 2 heterocycles. The van der Waals surface area contributed by atoms with Crippen molar-refractivity contribution in [3.63, 3.8) is 0 Å². The fourth-order valence-electron chi connectivity index (χ4n) is 2.58. The number of nitrogens with zero attached hydrogens (tertiary/aromatic N) is 3. The number of amides is 1. The van der Waals surface area contributed by atoms with Gasteiger partial charge >= 0.3 is 13.2 Å². The molecule has 0 aliphatic rings. The number of aryl methyl sites for hydroxylation is 1. The van der Waals surface area contributed by atoms with E-state index in [1.807, 2.05) is 0 Å². The van der Waals surface area contributed by atoms with E-state index in [0.717, 1.165) is 6.07 Å². The predicted molar refractivity (Wildman–Crippen MR) is 92.9 cm³/mol. The molecule has 3 rings (SSSR count). The number of nitrogens with one attached hydrogen (secondary N) is 1. The Hall–Kier alpha value is -3.50. The van der Waals surface area contributed by atoms with Gasteiger partial charge in [0.15, 0.2) is 5.75 Å². The van der Waals surface area contributed by atoms with Gasteiger partial charge in [0.05, 0.1) is 6.54 Å². The third-order valence-electron chi connectivity index (χ3n) is 3.76. The standard InChI is InChI=1S/C18H14F4N4O3/c1-9-5-12(16(27)25-8-14-23-3-2-4-24-14)26-15-11(9)6-10(28-17(19)20)7-13(15)29-18(21)22/h2-7,17-18H,8H2,1H3,(H,25,27). The SMILES string of the molecule is Cc1cc(C(=O)NCc2ncccn2)nc2c(OC(F)F)cc(OC(F)F)cc12. The van der Waals surface area contributed by atoms with E-state index in [-0.39, 0.29) is 28.9 Å². The summed E-state index contributed by atoms with van der Waals surface area (Å²) in [4.78, 5) is 24.4. The summed E-state index contributed by atoms with van der Waals surface area (Å²) in [6, 6.07) is 5.09. The van der Waals surface area contributed by atoms with Crippen LogP contribution in [0.2, 0.25) is 0 Å². The van der Waals surface area contributed by atoms with Gasteiger partial charge in [-0.25, -0.2) is 15.0 Å². The summed E-state index contributed by atoms with van der Waals surface area (Å²) in [5.74, 6) is -1.09. The summed E-state index contributed by atoms with van der Waals surface area (Å²) >= 11 is 0. The highest BCUT2D eigenvalue weighted by atomic mass is 19.3. The van der Waals surface area contributed by atoms with Gasteiger partial charge in [0.25, 0.3) is 5.91 Å². The van der Waals surface area contributed by atoms with Crippen molar-refractivity contribution in [2.45, 2.75) is 26.7 Å². The number of ether oxygens (including phenoxy) is 2. The van der Waals surface area contributed by atoms with Crippen LogP contribution in [0.4, 0.5) is 17.6 Å². The van der Waals surface area contributed by atoms with E-state index in [1.54, 1.807) is 13.0 Å². The molecular weight excluding hydrogens is 396 g/mol. The molecule has 2 aromatic heterocycles. The third kappa shape index (κ3) is 5.06. The average molecular weight is 410 g/mol. The topological polar surface area (TPSA) is 86.2 Å². The summed E-state index contributed by atoms with van der Waals surface area (Å²) in [5, 5.41) is 2.79. The number of halogens is 4. The van der Waals surface area contributed by atoms with Crippen LogP contribution in [0.15, 0.2) is 36.7 Å². The minimum absolute atomic E-state index is 0.0278. The number of benzene rings is 1. The summed E-state index contributed by atoms with van der Waals surface area (Å²) in [5.41, 5.74) is 0.260. The molecule has 0 saturated heterocycles. The van der Waals surface area contributed by atoms with E-state index in [9.17, 15) is 22.4 Å². The van der Waals surface area contributed by atoms with Gasteiger partial charge in [-0.05, 0) is 30.7 Å². The number of pyridine rings is 1. The number of alkyl halides is 4. The Bertz CT molecular complexity index is 1020. The van der Waals surface area contributed by atoms with Gasteiger partial charge < -0.3 is 14.8 Å². The van der Waals surface area contributed by atoms with Crippen LogP contribution in [0, 0.1) is 6.92 Å². The largest absolute Gasteiger partial charge is 0.435 e. The van der Waals surface area contributed by atoms with Crippen LogP contribution in [-0.4, -0.2) is 34.1 Å². The van der Waals surface area contributed by atoms with E-state index in [0.29, 0.717) is 11.4 Å². The zero-order chi connectivity index (χ0) is 21.0. The summed E-state index contributed by atoms with van der Waals surface area (Å²) in [6.45, 7) is -4.78. The molecule has 1 N–H and O–H groups in total. The van der Waals surface area contributed by atoms with Crippen molar-refractivity contribution in [3.05, 3.63) is 53.7 Å². The molecule has 0 aliphatic carbocycles. The van der Waals surface area contributed by atoms with E-state index < -0.39 is 24.9 Å². The maximum absolute atomic E-state index is 12.8. The lowest BCUT2D eigenvalue weighted by molar-refractivity contribution is -0.0536. The summed E-state index contributed by atoms with van der Waals surface area (Å²) in [7, 11) is 0. The molecule has 0 spiro atoms. The Labute approximate surface area is 161 Å². The number of fused-ring (bicyclic) bond motifs is 1. The normalized spacial score (nSPS) is 11.1. The van der Waals surface area contributed by atoms with Crippen LogP contribution in [0.25, 0.3) is 10.9 Å². The number of carbonyl (C=O) groups is 1. The molecule has 0 aliphatic heterocycles. The highest BCUT2D eigenvalue weighted by Gasteiger charge is 2.18. The first-order chi connectivity index (χ1) is 13.8. The first kappa shape index (κ1) is 20.2. The highest BCUT2D eigenvalue weighted by Crippen LogP contribution is 2.34. The van der Waals surface area contributed by atoms with E-state index in [2.05, 4.69) is 29.7 Å². The van der Waals surface area contributed by atoms with Crippen molar-refractivity contribution in [1.82, 2.24) is 20.3 Å². The second-order valence-electron chi connectivity index (χ2n) is 5.75. The van der Waals surface area contributed by atoms with Gasteiger partial charge in [0.2, 0.25) is 0 Å². The van der Waals surface area contributed by atoms with Gasteiger partial charge in [-0.1, -0.05) is 0 Å². The van der Waals surface area contributed by atoms with Crippen molar-refractivity contribution in [2.24, 2.45) is 0 Å². The Balaban J connectivity index is 1.96. The molecule has 0 atom stereocenters. The molecule has 0 radical (unpaired) electrons. The minimum atomic E-state index is -3.23. The molecule has 1 amide bonds. The lowest BCUT2D eigenvalue weighted by atomic mass is 10.1. The van der Waals surface area contributed by atoms with Crippen molar-refractivity contribution in [1.29, 1.82) is 0 Å². The Morgan fingerprint density at radius 1 is 1.07 bits per heavy atom. The second kappa shape index (κ2) is 8.67. The Morgan fingerprint density at radius 2 is 1.76 bits per heavy atom. The maximum Gasteiger partial charge on any atom is 0.387 e. The second-order valence-corrected chi connectivity index (χ2v) is 5.75. The van der Waals surface area contributed by atoms with Crippen LogP contribution in [0.3, 0.4) is 0 Å². The average Bonchev–Trinajstić information content (AvgIpc) is 2.66. The first-order valence-electron chi connectivity index (χ1n) is 8.22. The smallest absolute Gasteiger partial charge is 0.387 e. The monoisotopic (exact) mass is 410 g/mol. The maximum atomic E-state index is 12.8. The van der Waals surface area contributed by atoms with Crippen molar-refractivity contribution < 1.29 is 31.8 Å². The predicted octanol–water partition coefficient (Wildman–Crippen LogP) is 3.47. The molecule has 0 unspecified atom stereocenters. The zero-order valence-corrected chi connectivity index (χ0v) is 14.9. The van der Waals surface area contributed by atoms with Gasteiger partial charge in [-0.15, -0.1) is 0 Å². The van der Waals surface area contributed by atoms with E-state index in [4.69, 9.17) is 0 Å². The van der Waals surface area contributed by atoms with E-state index >= 15 is 0 Å². The molecule has 11 heteroatoms. The molecular formula is C18H14F4N4O3. The lowest BCUT2D eigenvalue weighted by Gasteiger charge is -2.14. The number of aromatic nitrogens is 3. The van der Waals surface area contributed by atoms with Crippen molar-refractivity contribution in [3.8, 4) is 11.5 Å². The molecule has 0 fully saturated rings. The van der Waals surface area contributed by atoms with Crippen LogP contribution in [-0.2, 0) is 6.54 Å². The fraction of sp³-hybridized carbons (Fsp3) is 0.222. The van der Waals surface area contributed by atoms with Crippen LogP contribution in [0.1, 0.15) is 21.9 Å². The number of hydrogen-bond donors (Lipinski definition) is 1. The first-order valence-corrected chi connectivity index (χ1v) is 8.22. The molecule has 29 heavy (non-hydrogen) atoms.